The lowest BCUT2D eigenvalue weighted by atomic mass is 9.78. The standard InChI is InChI=1S/C20H26N2O4/c1-13-18(14(2)26-22-13)19(23)21-12-20(9-5-6-10-20)15-7-8-16(24-3)17(11-15)25-4/h7-8,11H,5-6,9-10,12H2,1-4H3,(H,21,23). The fourth-order valence-electron chi connectivity index (χ4n) is 3.93. The van der Waals surface area contributed by atoms with Crippen LogP contribution in [0.1, 0.15) is 53.1 Å². The maximum Gasteiger partial charge on any atom is 0.256 e. The number of carbonyl (C=O) groups is 1. The summed E-state index contributed by atoms with van der Waals surface area (Å²) >= 11 is 0. The Morgan fingerprint density at radius 1 is 1.19 bits per heavy atom. The maximum atomic E-state index is 12.6. The molecule has 1 aromatic carbocycles. The molecule has 0 aliphatic heterocycles. The average Bonchev–Trinajstić information content (AvgIpc) is 3.26. The summed E-state index contributed by atoms with van der Waals surface area (Å²) in [7, 11) is 3.27. The van der Waals surface area contributed by atoms with Gasteiger partial charge in [-0.15, -0.1) is 0 Å². The zero-order valence-electron chi connectivity index (χ0n) is 15.8. The molecule has 140 valence electrons. The number of rotatable bonds is 6. The molecule has 0 bridgehead atoms. The van der Waals surface area contributed by atoms with Gasteiger partial charge in [0.15, 0.2) is 11.5 Å². The topological polar surface area (TPSA) is 73.6 Å². The average molecular weight is 358 g/mol. The van der Waals surface area contributed by atoms with Gasteiger partial charge in [-0.3, -0.25) is 4.79 Å². The quantitative estimate of drug-likeness (QED) is 0.855. The third kappa shape index (κ3) is 3.28. The molecule has 2 aromatic rings. The van der Waals surface area contributed by atoms with E-state index in [1.54, 1.807) is 28.1 Å². The highest BCUT2D eigenvalue weighted by Gasteiger charge is 2.37. The van der Waals surface area contributed by atoms with Crippen LogP contribution in [0, 0.1) is 13.8 Å². The zero-order valence-corrected chi connectivity index (χ0v) is 15.8. The smallest absolute Gasteiger partial charge is 0.256 e. The van der Waals surface area contributed by atoms with Crippen molar-refractivity contribution < 1.29 is 18.8 Å². The molecule has 0 atom stereocenters. The molecule has 1 amide bonds. The van der Waals surface area contributed by atoms with E-state index in [0.717, 1.165) is 25.7 Å². The van der Waals surface area contributed by atoms with Crippen LogP contribution in [-0.4, -0.2) is 31.8 Å². The van der Waals surface area contributed by atoms with Crippen LogP contribution >= 0.6 is 0 Å². The van der Waals surface area contributed by atoms with Crippen LogP contribution in [0.2, 0.25) is 0 Å². The number of nitrogens with zero attached hydrogens (tertiary/aromatic N) is 1. The number of ether oxygens (including phenoxy) is 2. The molecule has 6 nitrogen and oxygen atoms in total. The van der Waals surface area contributed by atoms with E-state index < -0.39 is 0 Å². The summed E-state index contributed by atoms with van der Waals surface area (Å²) in [5.41, 5.74) is 2.23. The van der Waals surface area contributed by atoms with Crippen LogP contribution < -0.4 is 14.8 Å². The molecule has 0 saturated heterocycles. The van der Waals surface area contributed by atoms with Crippen molar-refractivity contribution >= 4 is 5.91 Å². The second kappa shape index (κ2) is 7.40. The van der Waals surface area contributed by atoms with Crippen molar-refractivity contribution in [1.82, 2.24) is 10.5 Å². The largest absolute Gasteiger partial charge is 0.493 e. The molecular formula is C20H26N2O4. The zero-order chi connectivity index (χ0) is 18.7. The number of hydrogen-bond acceptors (Lipinski definition) is 5. The SMILES string of the molecule is COc1ccc(C2(CNC(=O)c3c(C)noc3C)CCCC2)cc1OC. The Balaban J connectivity index is 1.84. The Bertz CT molecular complexity index is 772. The van der Waals surface area contributed by atoms with Gasteiger partial charge in [0.2, 0.25) is 0 Å². The second-order valence-electron chi connectivity index (χ2n) is 6.94. The fraction of sp³-hybridized carbons (Fsp3) is 0.500. The molecule has 1 aliphatic carbocycles. The van der Waals surface area contributed by atoms with E-state index in [1.165, 1.54) is 5.56 Å². The summed E-state index contributed by atoms with van der Waals surface area (Å²) < 4.78 is 15.9. The van der Waals surface area contributed by atoms with E-state index in [4.69, 9.17) is 14.0 Å². The first kappa shape index (κ1) is 18.3. The van der Waals surface area contributed by atoms with Gasteiger partial charge in [0.25, 0.3) is 5.91 Å². The van der Waals surface area contributed by atoms with Crippen LogP contribution in [0.3, 0.4) is 0 Å². The molecule has 0 spiro atoms. The summed E-state index contributed by atoms with van der Waals surface area (Å²) in [6.45, 7) is 4.12. The molecule has 1 fully saturated rings. The molecule has 1 heterocycles. The van der Waals surface area contributed by atoms with Crippen molar-refractivity contribution in [3.63, 3.8) is 0 Å². The van der Waals surface area contributed by atoms with Gasteiger partial charge in [-0.25, -0.2) is 0 Å². The number of aromatic nitrogens is 1. The Hall–Kier alpha value is -2.50. The highest BCUT2D eigenvalue weighted by atomic mass is 16.5. The van der Waals surface area contributed by atoms with Crippen LogP contribution in [0.5, 0.6) is 11.5 Å². The summed E-state index contributed by atoms with van der Waals surface area (Å²) in [4.78, 5) is 12.6. The second-order valence-corrected chi connectivity index (χ2v) is 6.94. The van der Waals surface area contributed by atoms with E-state index in [9.17, 15) is 4.79 Å². The molecule has 0 radical (unpaired) electrons. The van der Waals surface area contributed by atoms with Crippen LogP contribution in [-0.2, 0) is 5.41 Å². The van der Waals surface area contributed by atoms with Crippen molar-refractivity contribution in [2.45, 2.75) is 44.9 Å². The summed E-state index contributed by atoms with van der Waals surface area (Å²) in [5, 5.41) is 6.97. The minimum atomic E-state index is -0.131. The lowest BCUT2D eigenvalue weighted by Gasteiger charge is -2.30. The number of aryl methyl sites for hydroxylation is 2. The molecule has 26 heavy (non-hydrogen) atoms. The van der Waals surface area contributed by atoms with Gasteiger partial charge in [-0.2, -0.15) is 0 Å². The van der Waals surface area contributed by atoms with Crippen LogP contribution in [0.15, 0.2) is 22.7 Å². The van der Waals surface area contributed by atoms with Gasteiger partial charge >= 0.3 is 0 Å². The van der Waals surface area contributed by atoms with Crippen LogP contribution in [0.4, 0.5) is 0 Å². The maximum absolute atomic E-state index is 12.6. The van der Waals surface area contributed by atoms with Gasteiger partial charge in [0.05, 0.1) is 19.9 Å². The van der Waals surface area contributed by atoms with E-state index in [-0.39, 0.29) is 11.3 Å². The number of benzene rings is 1. The van der Waals surface area contributed by atoms with E-state index in [1.807, 2.05) is 12.1 Å². The van der Waals surface area contributed by atoms with Crippen molar-refractivity contribution in [3.8, 4) is 11.5 Å². The first-order valence-corrected chi connectivity index (χ1v) is 8.94. The summed E-state index contributed by atoms with van der Waals surface area (Å²) in [6, 6.07) is 6.05. The minimum Gasteiger partial charge on any atom is -0.493 e. The number of nitrogens with one attached hydrogen (secondary N) is 1. The molecule has 1 N–H and O–H groups in total. The fourth-order valence-corrected chi connectivity index (χ4v) is 3.93. The van der Waals surface area contributed by atoms with E-state index >= 15 is 0 Å². The third-order valence-electron chi connectivity index (χ3n) is 5.40. The lowest BCUT2D eigenvalue weighted by Crippen LogP contribution is -2.39. The monoisotopic (exact) mass is 358 g/mol. The van der Waals surface area contributed by atoms with Gasteiger partial charge in [0, 0.05) is 12.0 Å². The number of carbonyl (C=O) groups excluding carboxylic acids is 1. The molecule has 1 aliphatic rings. The number of hydrogen-bond donors (Lipinski definition) is 1. The van der Waals surface area contributed by atoms with Crippen molar-refractivity contribution in [2.24, 2.45) is 0 Å². The normalized spacial score (nSPS) is 15.7. The predicted octanol–water partition coefficient (Wildman–Crippen LogP) is 3.55. The van der Waals surface area contributed by atoms with Gasteiger partial charge in [-0.05, 0) is 44.4 Å². The third-order valence-corrected chi connectivity index (χ3v) is 5.40. The Kier molecular flexibility index (Phi) is 5.20. The van der Waals surface area contributed by atoms with E-state index in [0.29, 0.717) is 35.1 Å². The highest BCUT2D eigenvalue weighted by Crippen LogP contribution is 2.43. The van der Waals surface area contributed by atoms with Gasteiger partial charge in [-0.1, -0.05) is 24.1 Å². The molecular weight excluding hydrogens is 332 g/mol. The minimum absolute atomic E-state index is 0.0891. The molecule has 3 rings (SSSR count). The van der Waals surface area contributed by atoms with Crippen molar-refractivity contribution in [1.29, 1.82) is 0 Å². The van der Waals surface area contributed by atoms with Crippen molar-refractivity contribution in [3.05, 3.63) is 40.8 Å². The Labute approximate surface area is 153 Å². The molecule has 6 heteroatoms. The Morgan fingerprint density at radius 3 is 2.46 bits per heavy atom. The van der Waals surface area contributed by atoms with Gasteiger partial charge < -0.3 is 19.3 Å². The van der Waals surface area contributed by atoms with Crippen LogP contribution in [0.25, 0.3) is 0 Å². The lowest BCUT2D eigenvalue weighted by molar-refractivity contribution is 0.0941. The molecule has 1 aromatic heterocycles. The van der Waals surface area contributed by atoms with E-state index in [2.05, 4.69) is 16.5 Å². The number of methoxy groups -OCH3 is 2. The Morgan fingerprint density at radius 2 is 1.88 bits per heavy atom. The first-order valence-electron chi connectivity index (χ1n) is 8.94. The summed E-state index contributed by atoms with van der Waals surface area (Å²) in [5.74, 6) is 1.84. The summed E-state index contributed by atoms with van der Waals surface area (Å²) in [6.07, 6.45) is 4.36. The predicted molar refractivity (Wildman–Crippen MR) is 98.0 cm³/mol. The molecule has 0 unspecified atom stereocenters. The highest BCUT2D eigenvalue weighted by molar-refractivity contribution is 5.96. The number of amides is 1. The molecule has 1 saturated carbocycles. The van der Waals surface area contributed by atoms with Crippen molar-refractivity contribution in [2.75, 3.05) is 20.8 Å². The van der Waals surface area contributed by atoms with Gasteiger partial charge in [0.1, 0.15) is 11.3 Å². The first-order chi connectivity index (χ1) is 12.5.